The minimum atomic E-state index is -3.44. The van der Waals surface area contributed by atoms with E-state index >= 15 is 0 Å². The zero-order chi connectivity index (χ0) is 19.3. The molecule has 0 saturated heterocycles. The van der Waals surface area contributed by atoms with E-state index in [4.69, 9.17) is 4.74 Å². The van der Waals surface area contributed by atoms with Crippen molar-refractivity contribution >= 4 is 27.5 Å². The molecule has 2 rings (SSSR count). The molecule has 9 nitrogen and oxygen atoms in total. The first-order valence-corrected chi connectivity index (χ1v) is 9.25. The van der Waals surface area contributed by atoms with Gasteiger partial charge in [0, 0.05) is 25.7 Å². The van der Waals surface area contributed by atoms with E-state index in [1.807, 2.05) is 0 Å². The third-order valence-electron chi connectivity index (χ3n) is 3.51. The van der Waals surface area contributed by atoms with Crippen LogP contribution in [0.5, 0.6) is 5.75 Å². The van der Waals surface area contributed by atoms with Crippen molar-refractivity contribution in [3.8, 4) is 5.75 Å². The molecule has 2 aromatic rings. The SMILES string of the molecule is CN(c1ccccc1CNC(=O)Oc1ccc([N+](=O)[O-])cc1)S(C)(=O)=O. The Hall–Kier alpha value is -3.14. The maximum absolute atomic E-state index is 11.9. The monoisotopic (exact) mass is 379 g/mol. The first kappa shape index (κ1) is 19.2. The second-order valence-electron chi connectivity index (χ2n) is 5.35. The molecular weight excluding hydrogens is 362 g/mol. The van der Waals surface area contributed by atoms with E-state index in [-0.39, 0.29) is 18.0 Å². The number of rotatable bonds is 6. The molecule has 0 aromatic heterocycles. The van der Waals surface area contributed by atoms with Gasteiger partial charge in [-0.1, -0.05) is 18.2 Å². The molecule has 0 aliphatic carbocycles. The van der Waals surface area contributed by atoms with Gasteiger partial charge in [-0.25, -0.2) is 13.2 Å². The maximum atomic E-state index is 11.9. The molecule has 0 aliphatic heterocycles. The van der Waals surface area contributed by atoms with Crippen molar-refractivity contribution in [1.29, 1.82) is 0 Å². The predicted molar refractivity (Wildman–Crippen MR) is 95.6 cm³/mol. The van der Waals surface area contributed by atoms with E-state index in [1.54, 1.807) is 24.3 Å². The first-order chi connectivity index (χ1) is 12.2. The number of amides is 1. The molecule has 0 atom stereocenters. The summed E-state index contributed by atoms with van der Waals surface area (Å²) < 4.78 is 29.6. The van der Waals surface area contributed by atoms with Crippen LogP contribution in [0.4, 0.5) is 16.2 Å². The Morgan fingerprint density at radius 1 is 1.19 bits per heavy atom. The number of nitro groups is 1. The highest BCUT2D eigenvalue weighted by Gasteiger charge is 2.16. The van der Waals surface area contributed by atoms with Gasteiger partial charge in [-0.05, 0) is 23.8 Å². The largest absolute Gasteiger partial charge is 0.412 e. The van der Waals surface area contributed by atoms with E-state index in [0.717, 1.165) is 10.6 Å². The second-order valence-corrected chi connectivity index (χ2v) is 7.37. The van der Waals surface area contributed by atoms with E-state index in [9.17, 15) is 23.3 Å². The number of sulfonamides is 1. The van der Waals surface area contributed by atoms with Crippen molar-refractivity contribution in [2.24, 2.45) is 0 Å². The molecule has 0 saturated carbocycles. The lowest BCUT2D eigenvalue weighted by atomic mass is 10.2. The standard InChI is InChI=1S/C16H17N3O6S/c1-18(26(2,23)24)15-6-4-3-5-12(15)11-17-16(20)25-14-9-7-13(8-10-14)19(21)22/h3-10H,11H2,1-2H3,(H,17,20). The van der Waals surface area contributed by atoms with Crippen molar-refractivity contribution < 1.29 is 22.9 Å². The Kier molecular flexibility index (Phi) is 5.78. The molecular formula is C16H17N3O6S. The number of carbonyl (C=O) groups is 1. The lowest BCUT2D eigenvalue weighted by Crippen LogP contribution is -2.29. The Morgan fingerprint density at radius 3 is 2.38 bits per heavy atom. The third kappa shape index (κ3) is 4.93. The summed E-state index contributed by atoms with van der Waals surface area (Å²) in [5, 5.41) is 13.1. The minimum absolute atomic E-state index is 0.0435. The molecule has 0 spiro atoms. The van der Waals surface area contributed by atoms with Crippen molar-refractivity contribution in [2.75, 3.05) is 17.6 Å². The number of anilines is 1. The number of nitrogens with zero attached hydrogens (tertiary/aromatic N) is 2. The van der Waals surface area contributed by atoms with Crippen LogP contribution in [0.2, 0.25) is 0 Å². The molecule has 138 valence electrons. The number of nitro benzene ring substituents is 1. The van der Waals surface area contributed by atoms with E-state index < -0.39 is 21.0 Å². The summed E-state index contributed by atoms with van der Waals surface area (Å²) in [5.41, 5.74) is 0.905. The fourth-order valence-electron chi connectivity index (χ4n) is 2.09. The highest BCUT2D eigenvalue weighted by molar-refractivity contribution is 7.92. The average Bonchev–Trinajstić information content (AvgIpc) is 2.59. The Balaban J connectivity index is 2.03. The molecule has 0 fully saturated rings. The molecule has 0 aliphatic rings. The summed E-state index contributed by atoms with van der Waals surface area (Å²) in [6.07, 6.45) is 0.315. The van der Waals surface area contributed by atoms with Gasteiger partial charge in [0.25, 0.3) is 5.69 Å². The normalized spacial score (nSPS) is 10.8. The minimum Gasteiger partial charge on any atom is -0.410 e. The third-order valence-corrected chi connectivity index (χ3v) is 4.70. The lowest BCUT2D eigenvalue weighted by Gasteiger charge is -2.20. The lowest BCUT2D eigenvalue weighted by molar-refractivity contribution is -0.384. The van der Waals surface area contributed by atoms with Crippen LogP contribution in [0, 0.1) is 10.1 Å². The topological polar surface area (TPSA) is 119 Å². The first-order valence-electron chi connectivity index (χ1n) is 7.40. The quantitative estimate of drug-likeness (QED) is 0.607. The number of hydrogen-bond acceptors (Lipinski definition) is 6. The van der Waals surface area contributed by atoms with Crippen LogP contribution >= 0.6 is 0 Å². The fraction of sp³-hybridized carbons (Fsp3) is 0.188. The number of non-ortho nitro benzene ring substituents is 1. The van der Waals surface area contributed by atoms with Gasteiger partial charge >= 0.3 is 6.09 Å². The maximum Gasteiger partial charge on any atom is 0.412 e. The van der Waals surface area contributed by atoms with Crippen LogP contribution in [0.15, 0.2) is 48.5 Å². The zero-order valence-corrected chi connectivity index (χ0v) is 14.9. The van der Waals surface area contributed by atoms with E-state index in [0.29, 0.717) is 11.3 Å². The van der Waals surface area contributed by atoms with Gasteiger partial charge < -0.3 is 10.1 Å². The molecule has 0 heterocycles. The fourth-order valence-corrected chi connectivity index (χ4v) is 2.63. The molecule has 2 aromatic carbocycles. The summed E-state index contributed by atoms with van der Waals surface area (Å²) >= 11 is 0. The summed E-state index contributed by atoms with van der Waals surface area (Å²) in [4.78, 5) is 21.9. The Labute approximate surface area is 150 Å². The molecule has 1 amide bonds. The van der Waals surface area contributed by atoms with Gasteiger partial charge in [-0.3, -0.25) is 14.4 Å². The summed E-state index contributed by atoms with van der Waals surface area (Å²) in [6, 6.07) is 11.8. The Morgan fingerprint density at radius 2 is 1.81 bits per heavy atom. The van der Waals surface area contributed by atoms with E-state index in [2.05, 4.69) is 5.32 Å². The summed E-state index contributed by atoms with van der Waals surface area (Å²) in [7, 11) is -2.02. The van der Waals surface area contributed by atoms with Gasteiger partial charge in [-0.2, -0.15) is 0 Å². The van der Waals surface area contributed by atoms with Crippen LogP contribution in [0.25, 0.3) is 0 Å². The summed E-state index contributed by atoms with van der Waals surface area (Å²) in [5.74, 6) is 0.148. The van der Waals surface area contributed by atoms with Gasteiger partial charge in [0.1, 0.15) is 5.75 Å². The van der Waals surface area contributed by atoms with Crippen LogP contribution in [0.3, 0.4) is 0 Å². The van der Waals surface area contributed by atoms with Gasteiger partial charge in [-0.15, -0.1) is 0 Å². The smallest absolute Gasteiger partial charge is 0.410 e. The molecule has 0 unspecified atom stereocenters. The average molecular weight is 379 g/mol. The van der Waals surface area contributed by atoms with Crippen LogP contribution in [-0.4, -0.2) is 32.7 Å². The van der Waals surface area contributed by atoms with Crippen LogP contribution < -0.4 is 14.4 Å². The molecule has 0 radical (unpaired) electrons. The van der Waals surface area contributed by atoms with E-state index in [1.165, 1.54) is 31.3 Å². The van der Waals surface area contributed by atoms with Crippen LogP contribution in [0.1, 0.15) is 5.56 Å². The van der Waals surface area contributed by atoms with Crippen molar-refractivity contribution in [3.05, 3.63) is 64.2 Å². The van der Waals surface area contributed by atoms with Gasteiger partial charge in [0.05, 0.1) is 16.9 Å². The molecule has 10 heteroatoms. The Bertz CT molecular complexity index is 912. The zero-order valence-electron chi connectivity index (χ0n) is 14.1. The highest BCUT2D eigenvalue weighted by atomic mass is 32.2. The predicted octanol–water partition coefficient (Wildman–Crippen LogP) is 2.28. The number of nitrogens with one attached hydrogen (secondary N) is 1. The molecule has 1 N–H and O–H groups in total. The highest BCUT2D eigenvalue weighted by Crippen LogP contribution is 2.21. The van der Waals surface area contributed by atoms with Gasteiger partial charge in [0.15, 0.2) is 0 Å². The number of ether oxygens (including phenoxy) is 1. The van der Waals surface area contributed by atoms with Crippen molar-refractivity contribution in [1.82, 2.24) is 5.32 Å². The molecule has 26 heavy (non-hydrogen) atoms. The summed E-state index contributed by atoms with van der Waals surface area (Å²) in [6.45, 7) is 0.0435. The van der Waals surface area contributed by atoms with Crippen molar-refractivity contribution in [3.63, 3.8) is 0 Å². The molecule has 0 bridgehead atoms. The van der Waals surface area contributed by atoms with Crippen molar-refractivity contribution in [2.45, 2.75) is 6.54 Å². The van der Waals surface area contributed by atoms with Gasteiger partial charge in [0.2, 0.25) is 10.0 Å². The number of para-hydroxylation sites is 1. The number of carbonyl (C=O) groups excluding carboxylic acids is 1. The number of hydrogen-bond donors (Lipinski definition) is 1. The number of benzene rings is 2. The second kappa shape index (κ2) is 7.83. The van der Waals surface area contributed by atoms with Crippen LogP contribution in [-0.2, 0) is 16.6 Å².